The van der Waals surface area contributed by atoms with E-state index in [4.69, 9.17) is 14.2 Å². The molecule has 2 aromatic carbocycles. The second kappa shape index (κ2) is 13.7. The number of H-pyrrole nitrogens is 1. The van der Waals surface area contributed by atoms with Crippen LogP contribution in [0.25, 0.3) is 10.9 Å². The average molecular weight is 603 g/mol. The van der Waals surface area contributed by atoms with Crippen LogP contribution in [0.3, 0.4) is 0 Å². The molecule has 6 nitrogen and oxygen atoms in total. The van der Waals surface area contributed by atoms with Crippen LogP contribution in [0.15, 0.2) is 36.4 Å². The Hall–Kier alpha value is -3.04. The second-order valence-corrected chi connectivity index (χ2v) is 12.6. The molecule has 0 amide bonds. The number of hydrogen-bond donors (Lipinski definition) is 1. The molecule has 4 rings (SSSR count). The van der Waals surface area contributed by atoms with Crippen LogP contribution in [0.2, 0.25) is 0 Å². The Labute approximate surface area is 252 Å². The van der Waals surface area contributed by atoms with Crippen molar-refractivity contribution in [2.24, 2.45) is 0 Å². The summed E-state index contributed by atoms with van der Waals surface area (Å²) in [5, 5.41) is 1.02. The summed E-state index contributed by atoms with van der Waals surface area (Å²) >= 11 is 0. The van der Waals surface area contributed by atoms with Gasteiger partial charge in [0.05, 0.1) is 19.3 Å². The van der Waals surface area contributed by atoms with Crippen LogP contribution in [-0.2, 0) is 20.7 Å². The highest BCUT2D eigenvalue weighted by Gasteiger charge is 2.41. The average Bonchev–Trinajstić information content (AvgIpc) is 3.29. The van der Waals surface area contributed by atoms with Crippen LogP contribution in [-0.4, -0.2) is 59.5 Å². The first kappa shape index (κ1) is 32.9. The summed E-state index contributed by atoms with van der Waals surface area (Å²) in [5.41, 5.74) is -0.0539. The molecule has 0 aliphatic carbocycles. The summed E-state index contributed by atoms with van der Waals surface area (Å²) in [6, 6.07) is 9.31. The molecule has 2 atom stereocenters. The number of carbonyl (C=O) groups is 1. The lowest BCUT2D eigenvalue weighted by Crippen LogP contribution is -2.48. The van der Waals surface area contributed by atoms with Crippen LogP contribution in [0.1, 0.15) is 90.1 Å². The molecule has 2 heterocycles. The lowest BCUT2D eigenvalue weighted by Gasteiger charge is -2.43. The number of benzene rings is 2. The van der Waals surface area contributed by atoms with Gasteiger partial charge in [-0.1, -0.05) is 24.6 Å². The predicted octanol–water partition coefficient (Wildman–Crippen LogP) is 7.83. The number of fused-ring (bicyclic) bond motifs is 3. The number of nitrogens with zero attached hydrogens (tertiary/aromatic N) is 1. The zero-order chi connectivity index (χ0) is 31.4. The molecule has 9 heteroatoms. The molecular weight excluding hydrogens is 557 g/mol. The molecule has 3 aromatic rings. The van der Waals surface area contributed by atoms with Crippen LogP contribution in [0, 0.1) is 11.6 Å². The zero-order valence-corrected chi connectivity index (χ0v) is 26.2. The standard InChI is InChI=1S/C34H45F3N2O4/c1-7-41-32(40)34(5,6)43-17-13-9-8-12-16-42-23-19-26(35)29(27(36)20-23)31-30-25(24-14-10-11-15-28(24)38-30)18-22(2)39(31)21-33(3,4)37/h10-11,14-15,19-20,22,31,38H,7-9,12-13,16-18,21H2,1-6H3/t22-,31-/m1/s1. The number of nitrogens with one attached hydrogen (secondary N) is 1. The van der Waals surface area contributed by atoms with Crippen molar-refractivity contribution in [1.29, 1.82) is 0 Å². The lowest BCUT2D eigenvalue weighted by molar-refractivity contribution is -0.167. The fourth-order valence-corrected chi connectivity index (χ4v) is 5.84. The number of rotatable bonds is 14. The van der Waals surface area contributed by atoms with Gasteiger partial charge >= 0.3 is 5.97 Å². The molecule has 43 heavy (non-hydrogen) atoms. The largest absolute Gasteiger partial charge is 0.493 e. The summed E-state index contributed by atoms with van der Waals surface area (Å²) in [4.78, 5) is 17.2. The molecule has 0 fully saturated rings. The molecule has 1 aliphatic rings. The van der Waals surface area contributed by atoms with Gasteiger partial charge in [-0.25, -0.2) is 18.0 Å². The molecule has 0 spiro atoms. The number of alkyl halides is 1. The molecule has 0 unspecified atom stereocenters. The number of aromatic amines is 1. The lowest BCUT2D eigenvalue weighted by atomic mass is 9.87. The summed E-state index contributed by atoms with van der Waals surface area (Å²) in [6.07, 6.45) is 3.80. The van der Waals surface area contributed by atoms with Gasteiger partial charge in [-0.3, -0.25) is 4.90 Å². The molecule has 1 N–H and O–H groups in total. The van der Waals surface area contributed by atoms with Crippen molar-refractivity contribution in [2.45, 2.75) is 97.0 Å². The quantitative estimate of drug-likeness (QED) is 0.151. The van der Waals surface area contributed by atoms with Gasteiger partial charge in [0, 0.05) is 53.5 Å². The maximum absolute atomic E-state index is 15.8. The third kappa shape index (κ3) is 7.92. The van der Waals surface area contributed by atoms with E-state index < -0.39 is 28.9 Å². The molecular formula is C34H45F3N2O4. The minimum atomic E-state index is -1.56. The fraction of sp³-hybridized carbons (Fsp3) is 0.559. The zero-order valence-electron chi connectivity index (χ0n) is 26.2. The van der Waals surface area contributed by atoms with Crippen molar-refractivity contribution < 1.29 is 32.2 Å². The van der Waals surface area contributed by atoms with Crippen LogP contribution < -0.4 is 4.74 Å². The Morgan fingerprint density at radius 1 is 1.02 bits per heavy atom. The third-order valence-corrected chi connectivity index (χ3v) is 7.94. The molecule has 0 saturated carbocycles. The van der Waals surface area contributed by atoms with Gasteiger partial charge in [-0.2, -0.15) is 0 Å². The first-order chi connectivity index (χ1) is 20.3. The highest BCUT2D eigenvalue weighted by atomic mass is 19.1. The Morgan fingerprint density at radius 2 is 1.67 bits per heavy atom. The first-order valence-electron chi connectivity index (χ1n) is 15.3. The van der Waals surface area contributed by atoms with E-state index >= 15 is 8.78 Å². The van der Waals surface area contributed by atoms with Crippen LogP contribution in [0.4, 0.5) is 13.2 Å². The van der Waals surface area contributed by atoms with Gasteiger partial charge in [-0.15, -0.1) is 0 Å². The van der Waals surface area contributed by atoms with Crippen molar-refractivity contribution in [3.63, 3.8) is 0 Å². The Bertz CT molecular complexity index is 1380. The monoisotopic (exact) mass is 602 g/mol. The minimum Gasteiger partial charge on any atom is -0.493 e. The number of ether oxygens (including phenoxy) is 3. The van der Waals surface area contributed by atoms with E-state index in [9.17, 15) is 9.18 Å². The van der Waals surface area contributed by atoms with Gasteiger partial charge < -0.3 is 19.2 Å². The van der Waals surface area contributed by atoms with Gasteiger partial charge in [0.1, 0.15) is 23.1 Å². The Balaban J connectivity index is 1.41. The second-order valence-electron chi connectivity index (χ2n) is 12.6. The summed E-state index contributed by atoms with van der Waals surface area (Å²) in [5.74, 6) is -1.70. The van der Waals surface area contributed by atoms with E-state index in [0.717, 1.165) is 35.7 Å². The summed E-state index contributed by atoms with van der Waals surface area (Å²) in [6.45, 7) is 11.2. The molecule has 1 aromatic heterocycles. The number of carbonyl (C=O) groups excluding carboxylic acids is 1. The minimum absolute atomic E-state index is 0.0239. The Kier molecular flexibility index (Phi) is 10.5. The molecule has 0 saturated heterocycles. The predicted molar refractivity (Wildman–Crippen MR) is 162 cm³/mol. The van der Waals surface area contributed by atoms with Gasteiger partial charge in [0.15, 0.2) is 5.60 Å². The smallest absolute Gasteiger partial charge is 0.337 e. The van der Waals surface area contributed by atoms with Crippen molar-refractivity contribution in [3.05, 3.63) is 64.9 Å². The number of para-hydroxylation sites is 1. The van der Waals surface area contributed by atoms with Crippen LogP contribution >= 0.6 is 0 Å². The van der Waals surface area contributed by atoms with Crippen molar-refractivity contribution >= 4 is 16.9 Å². The highest BCUT2D eigenvalue weighted by Crippen LogP contribution is 2.43. The van der Waals surface area contributed by atoms with Gasteiger partial charge in [0.25, 0.3) is 0 Å². The summed E-state index contributed by atoms with van der Waals surface area (Å²) < 4.78 is 63.0. The number of hydrogen-bond acceptors (Lipinski definition) is 5. The first-order valence-corrected chi connectivity index (χ1v) is 15.3. The van der Waals surface area contributed by atoms with Crippen LogP contribution in [0.5, 0.6) is 5.75 Å². The van der Waals surface area contributed by atoms with Gasteiger partial charge in [0.2, 0.25) is 0 Å². The van der Waals surface area contributed by atoms with E-state index in [2.05, 4.69) is 4.98 Å². The molecule has 1 aliphatic heterocycles. The fourth-order valence-electron chi connectivity index (χ4n) is 5.84. The van der Waals surface area contributed by atoms with E-state index in [1.807, 2.05) is 36.1 Å². The molecule has 0 radical (unpaired) electrons. The molecule has 236 valence electrons. The van der Waals surface area contributed by atoms with Crippen molar-refractivity contribution in [1.82, 2.24) is 9.88 Å². The van der Waals surface area contributed by atoms with Crippen molar-refractivity contribution in [3.8, 4) is 5.75 Å². The highest BCUT2D eigenvalue weighted by molar-refractivity contribution is 5.85. The SMILES string of the molecule is CCOC(=O)C(C)(C)OCCCCCCOc1cc(F)c([C@@H]2c3[nH]c4ccccc4c3C[C@@H](C)N2CC(C)(C)F)c(F)c1. The third-order valence-electron chi connectivity index (χ3n) is 7.94. The number of halogens is 3. The number of esters is 1. The van der Waals surface area contributed by atoms with E-state index in [1.165, 1.54) is 26.0 Å². The van der Waals surface area contributed by atoms with Gasteiger partial charge in [-0.05, 0) is 78.9 Å². The van der Waals surface area contributed by atoms with E-state index in [1.54, 1.807) is 20.8 Å². The van der Waals surface area contributed by atoms with E-state index in [-0.39, 0.29) is 29.9 Å². The molecule has 0 bridgehead atoms. The topological polar surface area (TPSA) is 63.8 Å². The van der Waals surface area contributed by atoms with E-state index in [0.29, 0.717) is 38.4 Å². The normalized spacial score (nSPS) is 17.7. The maximum atomic E-state index is 15.8. The summed E-state index contributed by atoms with van der Waals surface area (Å²) in [7, 11) is 0. The number of aromatic nitrogens is 1. The van der Waals surface area contributed by atoms with Crippen molar-refractivity contribution in [2.75, 3.05) is 26.4 Å². The number of unbranched alkanes of at least 4 members (excludes halogenated alkanes) is 3. The maximum Gasteiger partial charge on any atom is 0.337 e. The Morgan fingerprint density at radius 3 is 2.33 bits per heavy atom.